The molecule has 1 aromatic rings. The Bertz CT molecular complexity index is 538. The zero-order chi connectivity index (χ0) is 17.4. The monoisotopic (exact) mass is 329 g/mol. The molecule has 130 valence electrons. The summed E-state index contributed by atoms with van der Waals surface area (Å²) in [5.41, 5.74) is 1.20. The molecule has 1 saturated heterocycles. The number of nitrogens with zero attached hydrogens (tertiary/aromatic N) is 3. The van der Waals surface area contributed by atoms with E-state index in [1.807, 2.05) is 12.1 Å². The van der Waals surface area contributed by atoms with Crippen molar-refractivity contribution < 1.29 is 9.53 Å². The van der Waals surface area contributed by atoms with Crippen molar-refractivity contribution in [1.82, 2.24) is 9.80 Å². The van der Waals surface area contributed by atoms with Crippen LogP contribution >= 0.6 is 0 Å². The molecule has 5 nitrogen and oxygen atoms in total. The largest absolute Gasteiger partial charge is 0.497 e. The number of hydrogen-bond donors (Lipinski definition) is 0. The average molecular weight is 329 g/mol. The first-order valence-electron chi connectivity index (χ1n) is 8.29. The highest BCUT2D eigenvalue weighted by Gasteiger charge is 2.21. The normalized spacial score (nSPS) is 15.0. The first-order chi connectivity index (χ1) is 11.7. The van der Waals surface area contributed by atoms with Crippen LogP contribution in [0, 0.1) is 0 Å². The van der Waals surface area contributed by atoms with Gasteiger partial charge < -0.3 is 14.5 Å². The maximum Gasteiger partial charge on any atom is 0.237 e. The van der Waals surface area contributed by atoms with Gasteiger partial charge in [-0.1, -0.05) is 12.2 Å². The Hall–Kier alpha value is -2.27. The predicted octanol–water partition coefficient (Wildman–Crippen LogP) is 2.02. The number of carbonyl (C=O) groups is 1. The second-order valence-corrected chi connectivity index (χ2v) is 5.84. The standard InChI is InChI=1S/C19H27N3O2/c1-4-10-22(11-5-2)19(23)16-20-12-14-21(15-13-20)17-6-8-18(24-3)9-7-17/h4-9H,1-2,10-16H2,3H3. The molecule has 0 atom stereocenters. The number of ether oxygens (including phenoxy) is 1. The summed E-state index contributed by atoms with van der Waals surface area (Å²) in [6.07, 6.45) is 3.51. The van der Waals surface area contributed by atoms with Crippen LogP contribution in [0.4, 0.5) is 5.69 Å². The minimum atomic E-state index is 0.132. The second kappa shape index (κ2) is 9.13. The number of amides is 1. The van der Waals surface area contributed by atoms with Gasteiger partial charge in [-0.3, -0.25) is 9.69 Å². The Morgan fingerprint density at radius 2 is 1.71 bits per heavy atom. The van der Waals surface area contributed by atoms with Crippen molar-refractivity contribution in [3.63, 3.8) is 0 Å². The first kappa shape index (κ1) is 18.1. The third-order valence-corrected chi connectivity index (χ3v) is 4.22. The van der Waals surface area contributed by atoms with Crippen molar-refractivity contribution in [2.75, 3.05) is 57.8 Å². The average Bonchev–Trinajstić information content (AvgIpc) is 2.62. The van der Waals surface area contributed by atoms with Crippen LogP contribution < -0.4 is 9.64 Å². The van der Waals surface area contributed by atoms with Crippen LogP contribution in [-0.2, 0) is 4.79 Å². The molecule has 0 unspecified atom stereocenters. The fourth-order valence-corrected chi connectivity index (χ4v) is 2.84. The van der Waals surface area contributed by atoms with Gasteiger partial charge >= 0.3 is 0 Å². The smallest absolute Gasteiger partial charge is 0.237 e. The molecule has 2 rings (SSSR count). The molecule has 0 aliphatic carbocycles. The molecule has 0 bridgehead atoms. The van der Waals surface area contributed by atoms with Crippen LogP contribution in [0.1, 0.15) is 0 Å². The van der Waals surface area contributed by atoms with E-state index in [1.54, 1.807) is 24.2 Å². The third-order valence-electron chi connectivity index (χ3n) is 4.22. The highest BCUT2D eigenvalue weighted by Crippen LogP contribution is 2.20. The van der Waals surface area contributed by atoms with E-state index in [0.717, 1.165) is 31.9 Å². The summed E-state index contributed by atoms with van der Waals surface area (Å²) in [5, 5.41) is 0. The molecule has 1 fully saturated rings. The number of hydrogen-bond acceptors (Lipinski definition) is 4. The fraction of sp³-hybridized carbons (Fsp3) is 0.421. The Morgan fingerprint density at radius 3 is 2.21 bits per heavy atom. The highest BCUT2D eigenvalue weighted by molar-refractivity contribution is 5.78. The summed E-state index contributed by atoms with van der Waals surface area (Å²) >= 11 is 0. The lowest BCUT2D eigenvalue weighted by Crippen LogP contribution is -2.50. The van der Waals surface area contributed by atoms with Gasteiger partial charge in [0.25, 0.3) is 0 Å². The van der Waals surface area contributed by atoms with Crippen LogP contribution in [0.25, 0.3) is 0 Å². The lowest BCUT2D eigenvalue weighted by molar-refractivity contribution is -0.131. The molecule has 0 aromatic heterocycles. The number of piperazine rings is 1. The zero-order valence-corrected chi connectivity index (χ0v) is 14.5. The van der Waals surface area contributed by atoms with Crippen molar-refractivity contribution in [2.45, 2.75) is 0 Å². The van der Waals surface area contributed by atoms with E-state index >= 15 is 0 Å². The molecule has 1 heterocycles. The molecule has 0 N–H and O–H groups in total. The van der Waals surface area contributed by atoms with Gasteiger partial charge in [0.05, 0.1) is 13.7 Å². The van der Waals surface area contributed by atoms with Crippen molar-refractivity contribution >= 4 is 11.6 Å². The number of anilines is 1. The number of carbonyl (C=O) groups excluding carboxylic acids is 1. The molecule has 1 aliphatic heterocycles. The van der Waals surface area contributed by atoms with E-state index < -0.39 is 0 Å². The summed E-state index contributed by atoms with van der Waals surface area (Å²) in [6.45, 7) is 12.6. The molecule has 5 heteroatoms. The van der Waals surface area contributed by atoms with E-state index in [-0.39, 0.29) is 5.91 Å². The third kappa shape index (κ3) is 4.86. The number of benzene rings is 1. The first-order valence-corrected chi connectivity index (χ1v) is 8.29. The number of rotatable bonds is 8. The van der Waals surface area contributed by atoms with Crippen molar-refractivity contribution in [1.29, 1.82) is 0 Å². The maximum atomic E-state index is 12.4. The summed E-state index contributed by atoms with van der Waals surface area (Å²) < 4.78 is 5.20. The van der Waals surface area contributed by atoms with E-state index in [0.29, 0.717) is 19.6 Å². The summed E-state index contributed by atoms with van der Waals surface area (Å²) in [6, 6.07) is 8.12. The molecule has 1 amide bonds. The Labute approximate surface area is 144 Å². The van der Waals surface area contributed by atoms with Crippen LogP contribution in [0.5, 0.6) is 5.75 Å². The maximum absolute atomic E-state index is 12.4. The van der Waals surface area contributed by atoms with Gasteiger partial charge in [0.1, 0.15) is 5.75 Å². The summed E-state index contributed by atoms with van der Waals surface area (Å²) in [4.78, 5) is 18.7. The molecule has 0 radical (unpaired) electrons. The predicted molar refractivity (Wildman–Crippen MR) is 98.6 cm³/mol. The molecular formula is C19H27N3O2. The lowest BCUT2D eigenvalue weighted by Gasteiger charge is -2.36. The Morgan fingerprint density at radius 1 is 1.12 bits per heavy atom. The van der Waals surface area contributed by atoms with Crippen molar-refractivity contribution in [3.8, 4) is 5.75 Å². The SMILES string of the molecule is C=CCN(CC=C)C(=O)CN1CCN(c2ccc(OC)cc2)CC1. The van der Waals surface area contributed by atoms with Gasteiger partial charge in [0.15, 0.2) is 0 Å². The van der Waals surface area contributed by atoms with E-state index in [1.165, 1.54) is 5.69 Å². The Balaban J connectivity index is 1.84. The van der Waals surface area contributed by atoms with Gasteiger partial charge in [-0.05, 0) is 24.3 Å². The van der Waals surface area contributed by atoms with E-state index in [9.17, 15) is 4.79 Å². The van der Waals surface area contributed by atoms with Crippen LogP contribution in [0.2, 0.25) is 0 Å². The molecule has 1 aromatic carbocycles. The Kier molecular flexibility index (Phi) is 6.88. The van der Waals surface area contributed by atoms with Gasteiger partial charge in [0.2, 0.25) is 5.91 Å². The second-order valence-electron chi connectivity index (χ2n) is 5.84. The van der Waals surface area contributed by atoms with Crippen molar-refractivity contribution in [2.24, 2.45) is 0 Å². The van der Waals surface area contributed by atoms with Crippen LogP contribution in [0.15, 0.2) is 49.6 Å². The number of methoxy groups -OCH3 is 1. The minimum Gasteiger partial charge on any atom is -0.497 e. The van der Waals surface area contributed by atoms with Gasteiger partial charge in [-0.15, -0.1) is 13.2 Å². The van der Waals surface area contributed by atoms with E-state index in [4.69, 9.17) is 4.74 Å². The molecule has 1 aliphatic rings. The molecular weight excluding hydrogens is 302 g/mol. The topological polar surface area (TPSA) is 36.0 Å². The molecule has 0 spiro atoms. The van der Waals surface area contributed by atoms with E-state index in [2.05, 4.69) is 35.1 Å². The molecule has 0 saturated carbocycles. The molecule has 24 heavy (non-hydrogen) atoms. The van der Waals surface area contributed by atoms with Crippen molar-refractivity contribution in [3.05, 3.63) is 49.6 Å². The van der Waals surface area contributed by atoms with Gasteiger partial charge in [-0.25, -0.2) is 0 Å². The fourth-order valence-electron chi connectivity index (χ4n) is 2.84. The minimum absolute atomic E-state index is 0.132. The van der Waals surface area contributed by atoms with Crippen LogP contribution in [-0.4, -0.2) is 68.6 Å². The zero-order valence-electron chi connectivity index (χ0n) is 14.5. The van der Waals surface area contributed by atoms with Gasteiger partial charge in [0, 0.05) is 45.0 Å². The quantitative estimate of drug-likeness (QED) is 0.684. The summed E-state index contributed by atoms with van der Waals surface area (Å²) in [5.74, 6) is 1.00. The summed E-state index contributed by atoms with van der Waals surface area (Å²) in [7, 11) is 1.67. The van der Waals surface area contributed by atoms with Crippen LogP contribution in [0.3, 0.4) is 0 Å². The lowest BCUT2D eigenvalue weighted by atomic mass is 10.2. The highest BCUT2D eigenvalue weighted by atomic mass is 16.5. The van der Waals surface area contributed by atoms with Gasteiger partial charge in [-0.2, -0.15) is 0 Å².